The van der Waals surface area contributed by atoms with Gasteiger partial charge in [-0.3, -0.25) is 4.79 Å². The van der Waals surface area contributed by atoms with Gasteiger partial charge < -0.3 is 4.98 Å². The van der Waals surface area contributed by atoms with Crippen LogP contribution >= 0.6 is 12.2 Å². The van der Waals surface area contributed by atoms with Crippen molar-refractivity contribution in [3.63, 3.8) is 0 Å². The third-order valence-corrected chi connectivity index (χ3v) is 6.27. The molecule has 0 spiro atoms. The summed E-state index contributed by atoms with van der Waals surface area (Å²) in [6.45, 7) is 3.18. The van der Waals surface area contributed by atoms with Gasteiger partial charge in [-0.25, -0.2) is 12.4 Å². The van der Waals surface area contributed by atoms with Crippen molar-refractivity contribution in [2.75, 3.05) is 0 Å². The quantitative estimate of drug-likeness (QED) is 0.571. The molecule has 0 unspecified atom stereocenters. The van der Waals surface area contributed by atoms with E-state index in [1.165, 1.54) is 0 Å². The predicted molar refractivity (Wildman–Crippen MR) is 96.5 cm³/mol. The largest absolute Gasteiger partial charge is 0.330 e. The average molecular weight is 360 g/mol. The summed E-state index contributed by atoms with van der Waals surface area (Å²) in [6, 6.07) is 13.8. The summed E-state index contributed by atoms with van der Waals surface area (Å²) in [5.74, 6) is -0.168. The molecule has 0 aliphatic heterocycles. The van der Waals surface area contributed by atoms with E-state index in [1.54, 1.807) is 56.3 Å². The number of benzene rings is 2. The van der Waals surface area contributed by atoms with Gasteiger partial charge in [-0.1, -0.05) is 30.3 Å². The van der Waals surface area contributed by atoms with Crippen LogP contribution in [-0.4, -0.2) is 28.4 Å². The summed E-state index contributed by atoms with van der Waals surface area (Å²) in [6.07, 6.45) is 0. The molecule has 0 radical (unpaired) electrons. The standard InChI is InChI=1S/C17H16N2O3S2/c1-11(2)24(21,22)19-15-10-13(8-9-14(15)18-17(19)23)16(20)12-6-4-3-5-7-12/h3-11H,1-2H3,(H,18,23). The van der Waals surface area contributed by atoms with Crippen LogP contribution in [0.3, 0.4) is 0 Å². The van der Waals surface area contributed by atoms with Crippen LogP contribution in [0.4, 0.5) is 0 Å². The Morgan fingerprint density at radius 1 is 1.08 bits per heavy atom. The van der Waals surface area contributed by atoms with Crippen LogP contribution in [-0.2, 0) is 10.0 Å². The Morgan fingerprint density at radius 3 is 2.38 bits per heavy atom. The molecule has 1 N–H and O–H groups in total. The van der Waals surface area contributed by atoms with E-state index in [9.17, 15) is 13.2 Å². The van der Waals surface area contributed by atoms with Gasteiger partial charge in [0.15, 0.2) is 10.6 Å². The number of ketones is 1. The fraction of sp³-hybridized carbons (Fsp3) is 0.176. The molecule has 0 fully saturated rings. The maximum absolute atomic E-state index is 12.6. The highest BCUT2D eigenvalue weighted by Crippen LogP contribution is 2.22. The number of H-pyrrole nitrogens is 1. The molecule has 3 rings (SSSR count). The minimum atomic E-state index is -3.63. The molecule has 7 heteroatoms. The van der Waals surface area contributed by atoms with Gasteiger partial charge in [-0.2, -0.15) is 0 Å². The highest BCUT2D eigenvalue weighted by Gasteiger charge is 2.23. The van der Waals surface area contributed by atoms with Gasteiger partial charge in [0.2, 0.25) is 10.0 Å². The number of rotatable bonds is 4. The number of hydrogen-bond acceptors (Lipinski definition) is 4. The van der Waals surface area contributed by atoms with Crippen LogP contribution in [0.2, 0.25) is 0 Å². The Labute approximate surface area is 145 Å². The number of hydrogen-bond donors (Lipinski definition) is 1. The van der Waals surface area contributed by atoms with Crippen LogP contribution in [0.15, 0.2) is 48.5 Å². The second-order valence-corrected chi connectivity index (χ2v) is 8.44. The molecule has 24 heavy (non-hydrogen) atoms. The van der Waals surface area contributed by atoms with E-state index in [1.807, 2.05) is 6.07 Å². The Hall–Kier alpha value is -2.25. The normalized spacial score (nSPS) is 12.0. The lowest BCUT2D eigenvalue weighted by atomic mass is 10.0. The second kappa shape index (κ2) is 5.99. The summed E-state index contributed by atoms with van der Waals surface area (Å²) in [4.78, 5) is 15.5. The molecule has 0 atom stereocenters. The van der Waals surface area contributed by atoms with Crippen molar-refractivity contribution in [2.24, 2.45) is 0 Å². The van der Waals surface area contributed by atoms with Gasteiger partial charge in [0.1, 0.15) is 0 Å². The molecule has 0 bridgehead atoms. The van der Waals surface area contributed by atoms with Gasteiger partial charge in [0.05, 0.1) is 16.3 Å². The first-order chi connectivity index (χ1) is 11.3. The van der Waals surface area contributed by atoms with Gasteiger partial charge in [0.25, 0.3) is 0 Å². The number of aromatic nitrogens is 2. The number of imidazole rings is 1. The molecule has 124 valence electrons. The molecule has 5 nitrogen and oxygen atoms in total. The van der Waals surface area contributed by atoms with Gasteiger partial charge in [0, 0.05) is 11.1 Å². The topological polar surface area (TPSA) is 71.9 Å². The monoisotopic (exact) mass is 360 g/mol. The van der Waals surface area contributed by atoms with Crippen molar-refractivity contribution < 1.29 is 13.2 Å². The van der Waals surface area contributed by atoms with E-state index < -0.39 is 15.3 Å². The van der Waals surface area contributed by atoms with Crippen LogP contribution in [0, 0.1) is 4.77 Å². The second-order valence-electron chi connectivity index (χ2n) is 5.72. The lowest BCUT2D eigenvalue weighted by molar-refractivity contribution is 0.103. The molecule has 3 aromatic rings. The molecular weight excluding hydrogens is 344 g/mol. The van der Waals surface area contributed by atoms with Crippen LogP contribution < -0.4 is 0 Å². The third-order valence-electron chi connectivity index (χ3n) is 3.79. The van der Waals surface area contributed by atoms with E-state index in [-0.39, 0.29) is 10.6 Å². The van der Waals surface area contributed by atoms with Crippen molar-refractivity contribution in [3.8, 4) is 0 Å². The summed E-state index contributed by atoms with van der Waals surface area (Å²) in [5.41, 5.74) is 1.92. The van der Waals surface area contributed by atoms with Crippen molar-refractivity contribution in [1.82, 2.24) is 8.96 Å². The lowest BCUT2D eigenvalue weighted by Crippen LogP contribution is -2.22. The van der Waals surface area contributed by atoms with Crippen LogP contribution in [0.5, 0.6) is 0 Å². The fourth-order valence-corrected chi connectivity index (χ4v) is 4.09. The Morgan fingerprint density at radius 2 is 1.75 bits per heavy atom. The fourth-order valence-electron chi connectivity index (χ4n) is 2.44. The highest BCUT2D eigenvalue weighted by molar-refractivity contribution is 7.90. The van der Waals surface area contributed by atoms with Crippen molar-refractivity contribution in [1.29, 1.82) is 0 Å². The minimum Gasteiger partial charge on any atom is -0.330 e. The van der Waals surface area contributed by atoms with Crippen LogP contribution in [0.25, 0.3) is 11.0 Å². The molecule has 0 saturated heterocycles. The average Bonchev–Trinajstić information content (AvgIpc) is 2.90. The first-order valence-electron chi connectivity index (χ1n) is 7.41. The van der Waals surface area contributed by atoms with Gasteiger partial charge in [-0.05, 0) is 44.3 Å². The van der Waals surface area contributed by atoms with E-state index in [2.05, 4.69) is 4.98 Å². The van der Waals surface area contributed by atoms with E-state index >= 15 is 0 Å². The first kappa shape index (κ1) is 16.6. The minimum absolute atomic E-state index is 0.100. The Bertz CT molecular complexity index is 1080. The number of fused-ring (bicyclic) bond motifs is 1. The zero-order valence-corrected chi connectivity index (χ0v) is 14.8. The lowest BCUT2D eigenvalue weighted by Gasteiger charge is -2.10. The van der Waals surface area contributed by atoms with E-state index in [4.69, 9.17) is 12.2 Å². The molecule has 0 aliphatic rings. The maximum Gasteiger partial charge on any atom is 0.243 e. The third kappa shape index (κ3) is 2.70. The Balaban J connectivity index is 2.22. The van der Waals surface area contributed by atoms with Gasteiger partial charge >= 0.3 is 0 Å². The number of nitrogens with zero attached hydrogens (tertiary/aromatic N) is 1. The number of nitrogens with one attached hydrogen (secondary N) is 1. The van der Waals surface area contributed by atoms with Crippen molar-refractivity contribution in [2.45, 2.75) is 19.1 Å². The number of carbonyl (C=O) groups is 1. The van der Waals surface area contributed by atoms with Gasteiger partial charge in [-0.15, -0.1) is 0 Å². The molecule has 2 aromatic carbocycles. The smallest absolute Gasteiger partial charge is 0.243 e. The zero-order valence-electron chi connectivity index (χ0n) is 13.2. The molecular formula is C17H16N2O3S2. The number of aromatic amines is 1. The first-order valence-corrected chi connectivity index (χ1v) is 9.32. The molecule has 0 saturated carbocycles. The predicted octanol–water partition coefficient (Wildman–Crippen LogP) is 3.52. The summed E-state index contributed by atoms with van der Waals surface area (Å²) < 4.78 is 26.3. The maximum atomic E-state index is 12.6. The molecule has 1 aromatic heterocycles. The SMILES string of the molecule is CC(C)S(=O)(=O)n1c(=S)[nH]c2ccc(C(=O)c3ccccc3)cc21. The summed E-state index contributed by atoms with van der Waals surface area (Å²) in [7, 11) is -3.63. The zero-order chi connectivity index (χ0) is 17.5. The van der Waals surface area contributed by atoms with Crippen molar-refractivity contribution >= 4 is 39.1 Å². The summed E-state index contributed by atoms with van der Waals surface area (Å²) >= 11 is 5.17. The molecule has 0 aliphatic carbocycles. The number of carbonyl (C=O) groups excluding carboxylic acids is 1. The van der Waals surface area contributed by atoms with E-state index in [0.29, 0.717) is 22.2 Å². The highest BCUT2D eigenvalue weighted by atomic mass is 32.2. The molecule has 1 heterocycles. The van der Waals surface area contributed by atoms with Crippen LogP contribution in [0.1, 0.15) is 29.8 Å². The van der Waals surface area contributed by atoms with E-state index in [0.717, 1.165) is 3.97 Å². The Kier molecular flexibility index (Phi) is 4.15. The summed E-state index contributed by atoms with van der Waals surface area (Å²) in [5, 5.41) is -0.628. The molecule has 0 amide bonds. The van der Waals surface area contributed by atoms with Crippen molar-refractivity contribution in [3.05, 3.63) is 64.4 Å².